The molecule has 3 fully saturated rings. The second-order valence-electron chi connectivity index (χ2n) is 5.48. The molecule has 2 aliphatic carbocycles. The molecule has 0 radical (unpaired) electrons. The lowest BCUT2D eigenvalue weighted by Gasteiger charge is -2.43. The van der Waals surface area contributed by atoms with E-state index >= 15 is 0 Å². The van der Waals surface area contributed by atoms with Crippen LogP contribution in [0.4, 0.5) is 0 Å². The van der Waals surface area contributed by atoms with E-state index in [0.29, 0.717) is 5.41 Å². The highest BCUT2D eigenvalue weighted by Crippen LogP contribution is 2.55. The topological polar surface area (TPSA) is 18.5 Å². The van der Waals surface area contributed by atoms with Crippen LogP contribution in [0.15, 0.2) is 0 Å². The van der Waals surface area contributed by atoms with Gasteiger partial charge in [-0.15, -0.1) is 0 Å². The summed E-state index contributed by atoms with van der Waals surface area (Å²) in [6, 6.07) is 0. The molecule has 2 nitrogen and oxygen atoms in total. The first kappa shape index (κ1) is 10.8. The number of alkyl halides is 1. The zero-order valence-electron chi connectivity index (χ0n) is 9.14. The van der Waals surface area contributed by atoms with Crippen molar-refractivity contribution in [2.45, 2.75) is 54.7 Å². The summed E-state index contributed by atoms with van der Waals surface area (Å²) in [6.45, 7) is 1.62. The second-order valence-corrected chi connectivity index (χ2v) is 7.24. The lowest BCUT2D eigenvalue weighted by atomic mass is 9.70. The van der Waals surface area contributed by atoms with Crippen LogP contribution >= 0.6 is 22.6 Å². The molecule has 1 aliphatic heterocycles. The number of ether oxygens (including phenoxy) is 2. The standard InChI is InChI=1S/C12H19IO2/c13-10-2-5-11(8-10)3-1-4-12(9-11)14-6-7-15-12/h10H,1-9H2/t10?,11-/m1/s1. The van der Waals surface area contributed by atoms with Gasteiger partial charge in [0.25, 0.3) is 0 Å². The van der Waals surface area contributed by atoms with Crippen molar-refractivity contribution in [3.05, 3.63) is 0 Å². The quantitative estimate of drug-likeness (QED) is 0.503. The Morgan fingerprint density at radius 3 is 2.53 bits per heavy atom. The molecule has 1 heterocycles. The van der Waals surface area contributed by atoms with E-state index in [-0.39, 0.29) is 5.79 Å². The molecule has 1 unspecified atom stereocenters. The second kappa shape index (κ2) is 3.84. The number of rotatable bonds is 0. The fraction of sp³-hybridized carbons (Fsp3) is 1.00. The van der Waals surface area contributed by atoms with Crippen LogP contribution in [0.25, 0.3) is 0 Å². The van der Waals surface area contributed by atoms with E-state index in [1.54, 1.807) is 0 Å². The van der Waals surface area contributed by atoms with Crippen molar-refractivity contribution in [3.8, 4) is 0 Å². The Hall–Kier alpha value is 0.650. The van der Waals surface area contributed by atoms with E-state index in [1.165, 1.54) is 38.5 Å². The third-order valence-electron chi connectivity index (χ3n) is 4.37. The van der Waals surface area contributed by atoms with E-state index in [0.717, 1.165) is 23.6 Å². The molecule has 2 saturated carbocycles. The van der Waals surface area contributed by atoms with Crippen LogP contribution in [0.2, 0.25) is 0 Å². The molecule has 2 atom stereocenters. The summed E-state index contributed by atoms with van der Waals surface area (Å²) in [7, 11) is 0. The van der Waals surface area contributed by atoms with Crippen LogP contribution in [0.3, 0.4) is 0 Å². The largest absolute Gasteiger partial charge is 0.348 e. The van der Waals surface area contributed by atoms with Gasteiger partial charge in [-0.3, -0.25) is 0 Å². The number of hydrogen-bond acceptors (Lipinski definition) is 2. The first-order chi connectivity index (χ1) is 7.22. The highest BCUT2D eigenvalue weighted by atomic mass is 127. The minimum atomic E-state index is -0.168. The van der Waals surface area contributed by atoms with Crippen molar-refractivity contribution in [1.82, 2.24) is 0 Å². The normalized spacial score (nSPS) is 44.2. The fourth-order valence-electron chi connectivity index (χ4n) is 3.75. The summed E-state index contributed by atoms with van der Waals surface area (Å²) in [5.74, 6) is -0.168. The predicted molar refractivity (Wildman–Crippen MR) is 67.2 cm³/mol. The lowest BCUT2D eigenvalue weighted by Crippen LogP contribution is -2.41. The maximum Gasteiger partial charge on any atom is 0.169 e. The molecule has 3 aliphatic rings. The molecule has 15 heavy (non-hydrogen) atoms. The molecule has 0 bridgehead atoms. The van der Waals surface area contributed by atoms with Gasteiger partial charge in [-0.1, -0.05) is 22.6 Å². The zero-order valence-corrected chi connectivity index (χ0v) is 11.3. The van der Waals surface area contributed by atoms with Gasteiger partial charge in [0, 0.05) is 16.8 Å². The average molecular weight is 322 g/mol. The van der Waals surface area contributed by atoms with E-state index < -0.39 is 0 Å². The SMILES string of the molecule is IC1CC[C@]2(CCCC3(C2)OCCO3)C1. The smallest absolute Gasteiger partial charge is 0.169 e. The monoisotopic (exact) mass is 322 g/mol. The molecule has 86 valence electrons. The average Bonchev–Trinajstić information content (AvgIpc) is 2.76. The van der Waals surface area contributed by atoms with Gasteiger partial charge in [0.1, 0.15) is 0 Å². The van der Waals surface area contributed by atoms with Gasteiger partial charge in [-0.25, -0.2) is 0 Å². The van der Waals surface area contributed by atoms with Crippen molar-refractivity contribution < 1.29 is 9.47 Å². The van der Waals surface area contributed by atoms with Crippen molar-refractivity contribution in [1.29, 1.82) is 0 Å². The zero-order chi connectivity index (χ0) is 10.4. The van der Waals surface area contributed by atoms with Gasteiger partial charge < -0.3 is 9.47 Å². The van der Waals surface area contributed by atoms with Gasteiger partial charge in [-0.05, 0) is 37.5 Å². The van der Waals surface area contributed by atoms with Gasteiger partial charge in [0.05, 0.1) is 13.2 Å². The maximum atomic E-state index is 5.88. The Kier molecular flexibility index (Phi) is 2.76. The van der Waals surface area contributed by atoms with Crippen molar-refractivity contribution in [2.24, 2.45) is 5.41 Å². The van der Waals surface area contributed by atoms with Gasteiger partial charge in [0.2, 0.25) is 0 Å². The Bertz CT molecular complexity index is 246. The van der Waals surface area contributed by atoms with Gasteiger partial charge in [-0.2, -0.15) is 0 Å². The summed E-state index contributed by atoms with van der Waals surface area (Å²) in [5.41, 5.74) is 0.564. The molecule has 0 N–H and O–H groups in total. The van der Waals surface area contributed by atoms with E-state index in [4.69, 9.17) is 9.47 Å². The molecular formula is C12H19IO2. The number of hydrogen-bond donors (Lipinski definition) is 0. The Labute approximate surface area is 105 Å². The molecular weight excluding hydrogens is 303 g/mol. The van der Waals surface area contributed by atoms with Gasteiger partial charge >= 0.3 is 0 Å². The molecule has 3 rings (SSSR count). The summed E-state index contributed by atoms with van der Waals surface area (Å²) in [6.07, 6.45) is 9.18. The first-order valence-electron chi connectivity index (χ1n) is 6.14. The third kappa shape index (κ3) is 1.95. The van der Waals surface area contributed by atoms with Crippen LogP contribution in [0.5, 0.6) is 0 Å². The third-order valence-corrected chi connectivity index (χ3v) is 5.43. The summed E-state index contributed by atoms with van der Waals surface area (Å²) in [4.78, 5) is 0. The van der Waals surface area contributed by atoms with Crippen LogP contribution in [-0.2, 0) is 9.47 Å². The van der Waals surface area contributed by atoms with Crippen molar-refractivity contribution >= 4 is 22.6 Å². The minimum Gasteiger partial charge on any atom is -0.348 e. The van der Waals surface area contributed by atoms with Crippen LogP contribution in [0.1, 0.15) is 44.9 Å². The molecule has 0 amide bonds. The molecule has 3 heteroatoms. The molecule has 0 aromatic rings. The van der Waals surface area contributed by atoms with E-state index in [1.807, 2.05) is 0 Å². The highest BCUT2D eigenvalue weighted by Gasteiger charge is 2.50. The van der Waals surface area contributed by atoms with Crippen molar-refractivity contribution in [2.75, 3.05) is 13.2 Å². The van der Waals surface area contributed by atoms with E-state index in [9.17, 15) is 0 Å². The Morgan fingerprint density at radius 2 is 1.87 bits per heavy atom. The highest BCUT2D eigenvalue weighted by molar-refractivity contribution is 14.1. The Morgan fingerprint density at radius 1 is 1.07 bits per heavy atom. The maximum absolute atomic E-state index is 5.88. The van der Waals surface area contributed by atoms with Crippen molar-refractivity contribution in [3.63, 3.8) is 0 Å². The molecule has 0 aromatic carbocycles. The van der Waals surface area contributed by atoms with Crippen LogP contribution in [0, 0.1) is 5.41 Å². The predicted octanol–water partition coefficient (Wildman–Crippen LogP) is 3.28. The first-order valence-corrected chi connectivity index (χ1v) is 7.39. The summed E-state index contributed by atoms with van der Waals surface area (Å²) in [5, 5.41) is 0. The van der Waals surface area contributed by atoms with Crippen LogP contribution in [-0.4, -0.2) is 22.9 Å². The summed E-state index contributed by atoms with van der Waals surface area (Å²) >= 11 is 2.61. The molecule has 0 aromatic heterocycles. The molecule has 2 spiro atoms. The number of halogens is 1. The Balaban J connectivity index is 1.76. The van der Waals surface area contributed by atoms with Gasteiger partial charge in [0.15, 0.2) is 5.79 Å². The minimum absolute atomic E-state index is 0.168. The van der Waals surface area contributed by atoms with E-state index in [2.05, 4.69) is 22.6 Å². The lowest BCUT2D eigenvalue weighted by molar-refractivity contribution is -0.201. The van der Waals surface area contributed by atoms with Crippen LogP contribution < -0.4 is 0 Å². The molecule has 1 saturated heterocycles. The fourth-order valence-corrected chi connectivity index (χ4v) is 4.99. The summed E-state index contributed by atoms with van der Waals surface area (Å²) < 4.78 is 12.6.